The van der Waals surface area contributed by atoms with Crippen LogP contribution in [0.1, 0.15) is 44.8 Å². The third-order valence-electron chi connectivity index (χ3n) is 3.48. The molecule has 4 nitrogen and oxygen atoms in total. The van der Waals surface area contributed by atoms with Crippen LogP contribution >= 0.6 is 11.6 Å². The molecule has 2 heterocycles. The Morgan fingerprint density at radius 1 is 1.61 bits per heavy atom. The van der Waals surface area contributed by atoms with Gasteiger partial charge in [0.25, 0.3) is 0 Å². The molecule has 0 amide bonds. The standard InChI is InChI=1S/C13H22ClN3O/c1-4-7-15-12(11-6-5-9(2)18-11)13-10(14)8-16-17(13)3/h8-9,11-12,15H,4-7H2,1-3H3. The summed E-state index contributed by atoms with van der Waals surface area (Å²) in [5, 5.41) is 8.49. The molecule has 3 atom stereocenters. The fourth-order valence-electron chi connectivity index (χ4n) is 2.55. The third-order valence-corrected chi connectivity index (χ3v) is 3.77. The number of nitrogens with zero attached hydrogens (tertiary/aromatic N) is 2. The Morgan fingerprint density at radius 3 is 2.89 bits per heavy atom. The largest absolute Gasteiger partial charge is 0.373 e. The molecular weight excluding hydrogens is 250 g/mol. The van der Waals surface area contributed by atoms with Crippen molar-refractivity contribution in [1.82, 2.24) is 15.1 Å². The number of rotatable bonds is 5. The first-order valence-electron chi connectivity index (χ1n) is 6.69. The van der Waals surface area contributed by atoms with Gasteiger partial charge in [-0.1, -0.05) is 18.5 Å². The highest BCUT2D eigenvalue weighted by molar-refractivity contribution is 6.31. The predicted molar refractivity (Wildman–Crippen MR) is 72.8 cm³/mol. The van der Waals surface area contributed by atoms with Crippen LogP contribution in [0.25, 0.3) is 0 Å². The van der Waals surface area contributed by atoms with Gasteiger partial charge in [0.15, 0.2) is 0 Å². The molecule has 0 spiro atoms. The van der Waals surface area contributed by atoms with E-state index in [2.05, 4.69) is 24.3 Å². The van der Waals surface area contributed by atoms with Crippen molar-refractivity contribution in [2.75, 3.05) is 6.54 Å². The smallest absolute Gasteiger partial charge is 0.0835 e. The minimum atomic E-state index is 0.134. The molecule has 1 N–H and O–H groups in total. The molecule has 1 aromatic heterocycles. The number of nitrogens with one attached hydrogen (secondary N) is 1. The van der Waals surface area contributed by atoms with Gasteiger partial charge in [0.1, 0.15) is 0 Å². The Morgan fingerprint density at radius 2 is 2.39 bits per heavy atom. The molecule has 1 saturated heterocycles. The summed E-state index contributed by atoms with van der Waals surface area (Å²) in [5.41, 5.74) is 1.03. The summed E-state index contributed by atoms with van der Waals surface area (Å²) in [6, 6.07) is 0.134. The van der Waals surface area contributed by atoms with Gasteiger partial charge in [-0.15, -0.1) is 0 Å². The maximum Gasteiger partial charge on any atom is 0.0835 e. The van der Waals surface area contributed by atoms with Crippen LogP contribution in [0, 0.1) is 0 Å². The van der Waals surface area contributed by atoms with Gasteiger partial charge in [-0.3, -0.25) is 4.68 Å². The molecule has 102 valence electrons. The van der Waals surface area contributed by atoms with Crippen LogP contribution in [0.4, 0.5) is 0 Å². The van der Waals surface area contributed by atoms with E-state index in [1.54, 1.807) is 6.20 Å². The molecule has 3 unspecified atom stereocenters. The zero-order valence-electron chi connectivity index (χ0n) is 11.3. The van der Waals surface area contributed by atoms with Crippen molar-refractivity contribution in [2.45, 2.75) is 51.4 Å². The molecule has 0 aliphatic carbocycles. The fourth-order valence-corrected chi connectivity index (χ4v) is 2.84. The van der Waals surface area contributed by atoms with Crippen molar-refractivity contribution in [1.29, 1.82) is 0 Å². The lowest BCUT2D eigenvalue weighted by atomic mass is 10.0. The van der Waals surface area contributed by atoms with Gasteiger partial charge in [-0.05, 0) is 32.7 Å². The fraction of sp³-hybridized carbons (Fsp3) is 0.769. The van der Waals surface area contributed by atoms with E-state index in [0.717, 1.165) is 31.5 Å². The monoisotopic (exact) mass is 271 g/mol. The van der Waals surface area contributed by atoms with E-state index in [9.17, 15) is 0 Å². The third kappa shape index (κ3) is 2.87. The molecule has 0 saturated carbocycles. The van der Waals surface area contributed by atoms with Crippen molar-refractivity contribution >= 4 is 11.6 Å². The molecule has 18 heavy (non-hydrogen) atoms. The summed E-state index contributed by atoms with van der Waals surface area (Å²) in [5.74, 6) is 0. The number of aromatic nitrogens is 2. The second kappa shape index (κ2) is 6.04. The van der Waals surface area contributed by atoms with Crippen LogP contribution < -0.4 is 5.32 Å². The summed E-state index contributed by atoms with van der Waals surface area (Å²) in [7, 11) is 1.93. The highest BCUT2D eigenvalue weighted by Crippen LogP contribution is 2.33. The van der Waals surface area contributed by atoms with Crippen LogP contribution in [0.5, 0.6) is 0 Å². The van der Waals surface area contributed by atoms with Gasteiger partial charge in [-0.25, -0.2) is 0 Å². The summed E-state index contributed by atoms with van der Waals surface area (Å²) >= 11 is 6.25. The predicted octanol–water partition coefficient (Wildman–Crippen LogP) is 2.68. The first-order valence-corrected chi connectivity index (χ1v) is 7.07. The van der Waals surface area contributed by atoms with E-state index < -0.39 is 0 Å². The van der Waals surface area contributed by atoms with E-state index in [4.69, 9.17) is 16.3 Å². The lowest BCUT2D eigenvalue weighted by Gasteiger charge is -2.25. The minimum Gasteiger partial charge on any atom is -0.373 e. The maximum atomic E-state index is 6.25. The van der Waals surface area contributed by atoms with Crippen LogP contribution in [-0.2, 0) is 11.8 Å². The van der Waals surface area contributed by atoms with E-state index in [1.807, 2.05) is 11.7 Å². The Bertz CT molecular complexity index is 374. The van der Waals surface area contributed by atoms with Crippen LogP contribution in [-0.4, -0.2) is 28.5 Å². The lowest BCUT2D eigenvalue weighted by molar-refractivity contribution is 0.0299. The van der Waals surface area contributed by atoms with Gasteiger partial charge < -0.3 is 10.1 Å². The average molecular weight is 272 g/mol. The number of ether oxygens (including phenoxy) is 1. The second-order valence-electron chi connectivity index (χ2n) is 5.00. The Balaban J connectivity index is 2.19. The van der Waals surface area contributed by atoms with Crippen molar-refractivity contribution in [3.63, 3.8) is 0 Å². The van der Waals surface area contributed by atoms with Gasteiger partial charge >= 0.3 is 0 Å². The molecule has 1 fully saturated rings. The first kappa shape index (κ1) is 13.8. The lowest BCUT2D eigenvalue weighted by Crippen LogP contribution is -2.34. The van der Waals surface area contributed by atoms with Crippen molar-refractivity contribution < 1.29 is 4.74 Å². The number of hydrogen-bond acceptors (Lipinski definition) is 3. The second-order valence-corrected chi connectivity index (χ2v) is 5.40. The Hall–Kier alpha value is -0.580. The molecule has 5 heteroatoms. The van der Waals surface area contributed by atoms with Crippen molar-refractivity contribution in [3.8, 4) is 0 Å². The van der Waals surface area contributed by atoms with E-state index in [0.29, 0.717) is 11.1 Å². The summed E-state index contributed by atoms with van der Waals surface area (Å²) < 4.78 is 7.84. The Labute approximate surface area is 114 Å². The normalized spacial score (nSPS) is 25.6. The number of hydrogen-bond donors (Lipinski definition) is 1. The van der Waals surface area contributed by atoms with Gasteiger partial charge in [0, 0.05) is 7.05 Å². The van der Waals surface area contributed by atoms with Gasteiger partial charge in [-0.2, -0.15) is 5.10 Å². The van der Waals surface area contributed by atoms with E-state index in [-0.39, 0.29) is 12.1 Å². The van der Waals surface area contributed by atoms with Crippen molar-refractivity contribution in [3.05, 3.63) is 16.9 Å². The zero-order valence-corrected chi connectivity index (χ0v) is 12.1. The molecule has 2 rings (SSSR count). The molecule has 0 bridgehead atoms. The quantitative estimate of drug-likeness (QED) is 0.895. The molecule has 1 aromatic rings. The number of halogens is 1. The summed E-state index contributed by atoms with van der Waals surface area (Å²) in [6.45, 7) is 5.25. The van der Waals surface area contributed by atoms with E-state index >= 15 is 0 Å². The van der Waals surface area contributed by atoms with Crippen LogP contribution in [0.2, 0.25) is 5.02 Å². The zero-order chi connectivity index (χ0) is 13.1. The topological polar surface area (TPSA) is 39.1 Å². The molecule has 0 aromatic carbocycles. The molecule has 1 aliphatic rings. The van der Waals surface area contributed by atoms with E-state index in [1.165, 1.54) is 0 Å². The van der Waals surface area contributed by atoms with Gasteiger partial charge in [0.2, 0.25) is 0 Å². The molecule has 0 radical (unpaired) electrons. The highest BCUT2D eigenvalue weighted by atomic mass is 35.5. The minimum absolute atomic E-state index is 0.134. The average Bonchev–Trinajstić information content (AvgIpc) is 2.90. The molecular formula is C13H22ClN3O. The number of aryl methyl sites for hydroxylation is 1. The van der Waals surface area contributed by atoms with Gasteiger partial charge in [0.05, 0.1) is 35.2 Å². The highest BCUT2D eigenvalue weighted by Gasteiger charge is 2.33. The summed E-state index contributed by atoms with van der Waals surface area (Å²) in [4.78, 5) is 0. The maximum absolute atomic E-state index is 6.25. The van der Waals surface area contributed by atoms with Crippen LogP contribution in [0.15, 0.2) is 6.20 Å². The first-order chi connectivity index (χ1) is 8.63. The summed E-state index contributed by atoms with van der Waals surface area (Å²) in [6.07, 6.45) is 5.52. The molecule has 1 aliphatic heterocycles. The van der Waals surface area contributed by atoms with Crippen molar-refractivity contribution in [2.24, 2.45) is 7.05 Å². The van der Waals surface area contributed by atoms with Crippen LogP contribution in [0.3, 0.4) is 0 Å². The Kier molecular flexibility index (Phi) is 4.65. The SMILES string of the molecule is CCCNC(c1c(Cl)cnn1C)C1CCC(C)O1.